The van der Waals surface area contributed by atoms with E-state index >= 15 is 0 Å². The Morgan fingerprint density at radius 1 is 2.00 bits per heavy atom. The summed E-state index contributed by atoms with van der Waals surface area (Å²) in [4.78, 5) is 9.47. The smallest absolute Gasteiger partial charge is 0.150 e. The van der Waals surface area contributed by atoms with Gasteiger partial charge in [-0.25, -0.2) is 0 Å². The zero-order valence-electron chi connectivity index (χ0n) is 2.77. The number of carbonyl (C=O) groups excluding carboxylic acids is 1. The number of ketones is 1. The van der Waals surface area contributed by atoms with Gasteiger partial charge in [0.25, 0.3) is 0 Å². The molecule has 2 radical (unpaired) electrons. The van der Waals surface area contributed by atoms with Crippen LogP contribution >= 0.6 is 0 Å². The molecule has 0 saturated carbocycles. The van der Waals surface area contributed by atoms with Crippen molar-refractivity contribution in [2.75, 3.05) is 6.54 Å². The maximum atomic E-state index is 9.47. The van der Waals surface area contributed by atoms with Crippen LogP contribution in [0.5, 0.6) is 0 Å². The van der Waals surface area contributed by atoms with Gasteiger partial charge in [0, 0.05) is 6.92 Å². The second-order valence-corrected chi connectivity index (χ2v) is 0.670. The summed E-state index contributed by atoms with van der Waals surface area (Å²) in [6.45, 7) is 4.47. The molecular formula is C3H5NO. The molecule has 0 aromatic carbocycles. The average molecular weight is 71.1 g/mol. The van der Waals surface area contributed by atoms with E-state index in [-0.39, 0.29) is 6.54 Å². The van der Waals surface area contributed by atoms with Gasteiger partial charge >= 0.3 is 0 Å². The predicted molar refractivity (Wildman–Crippen MR) is 18.4 cm³/mol. The molecule has 2 heteroatoms. The van der Waals surface area contributed by atoms with E-state index in [9.17, 15) is 4.79 Å². The quantitative estimate of drug-likeness (QED) is 0.441. The fourth-order valence-electron chi connectivity index (χ4n) is 0. The SMILES string of the molecule is [CH]C(=O)CN. The number of nitrogens with two attached hydrogens (primary N) is 1. The Bertz CT molecular complexity index is 42.2. The molecule has 0 rings (SSSR count). The van der Waals surface area contributed by atoms with Gasteiger partial charge in [0.2, 0.25) is 0 Å². The molecule has 0 saturated heterocycles. The summed E-state index contributed by atoms with van der Waals surface area (Å²) < 4.78 is 0. The summed E-state index contributed by atoms with van der Waals surface area (Å²) in [6, 6.07) is 0. The van der Waals surface area contributed by atoms with Gasteiger partial charge in [-0.2, -0.15) is 0 Å². The Hall–Kier alpha value is -0.370. The lowest BCUT2D eigenvalue weighted by Crippen LogP contribution is -2.08. The van der Waals surface area contributed by atoms with Crippen molar-refractivity contribution in [3.63, 3.8) is 0 Å². The first-order valence-electron chi connectivity index (χ1n) is 1.25. The molecule has 0 aromatic rings. The molecule has 0 atom stereocenters. The standard InChI is InChI=1S/C3H5NO/c1-3(5)2-4/h1H,2,4H2. The lowest BCUT2D eigenvalue weighted by Gasteiger charge is -1.72. The molecule has 28 valence electrons. The minimum absolute atomic E-state index is 0.0556. The second-order valence-electron chi connectivity index (χ2n) is 0.670. The van der Waals surface area contributed by atoms with E-state index in [1.54, 1.807) is 0 Å². The molecule has 0 heterocycles. The van der Waals surface area contributed by atoms with Crippen LogP contribution < -0.4 is 5.73 Å². The van der Waals surface area contributed by atoms with Crippen LogP contribution in [0.15, 0.2) is 0 Å². The third-order valence-electron chi connectivity index (χ3n) is 0.201. The fraction of sp³-hybridized carbons (Fsp3) is 0.333. The van der Waals surface area contributed by atoms with Crippen LogP contribution in [0.4, 0.5) is 0 Å². The van der Waals surface area contributed by atoms with Gasteiger partial charge in [-0.3, -0.25) is 4.79 Å². The van der Waals surface area contributed by atoms with Crippen molar-refractivity contribution in [3.05, 3.63) is 6.92 Å². The molecule has 0 aliphatic heterocycles. The highest BCUT2D eigenvalue weighted by Crippen LogP contribution is 1.50. The average Bonchev–Trinajstić information content (AvgIpc) is 1.38. The molecule has 0 unspecified atom stereocenters. The van der Waals surface area contributed by atoms with E-state index in [4.69, 9.17) is 5.73 Å². The van der Waals surface area contributed by atoms with Crippen LogP contribution in [0.25, 0.3) is 0 Å². The van der Waals surface area contributed by atoms with Crippen molar-refractivity contribution in [1.29, 1.82) is 0 Å². The molecule has 2 nitrogen and oxygen atoms in total. The largest absolute Gasteiger partial charge is 0.324 e. The Balaban J connectivity index is 2.85. The first-order valence-corrected chi connectivity index (χ1v) is 1.25. The maximum absolute atomic E-state index is 9.47. The van der Waals surface area contributed by atoms with Crippen molar-refractivity contribution in [2.24, 2.45) is 5.73 Å². The van der Waals surface area contributed by atoms with Gasteiger partial charge in [0.15, 0.2) is 5.78 Å². The Kier molecular flexibility index (Phi) is 1.76. The highest BCUT2D eigenvalue weighted by Gasteiger charge is 1.77. The summed E-state index contributed by atoms with van der Waals surface area (Å²) in [5, 5.41) is 0. The normalized spacial score (nSPS) is 7.60. The summed E-state index contributed by atoms with van der Waals surface area (Å²) >= 11 is 0. The van der Waals surface area contributed by atoms with Gasteiger partial charge in [0.1, 0.15) is 0 Å². The van der Waals surface area contributed by atoms with E-state index in [1.165, 1.54) is 0 Å². The van der Waals surface area contributed by atoms with Gasteiger partial charge in [0.05, 0.1) is 6.54 Å². The van der Waals surface area contributed by atoms with Crippen LogP contribution in [0.1, 0.15) is 0 Å². The zero-order chi connectivity index (χ0) is 4.28. The molecule has 0 fully saturated rings. The van der Waals surface area contributed by atoms with Crippen molar-refractivity contribution < 1.29 is 4.79 Å². The van der Waals surface area contributed by atoms with Crippen molar-refractivity contribution in [1.82, 2.24) is 0 Å². The van der Waals surface area contributed by atoms with Gasteiger partial charge < -0.3 is 5.73 Å². The molecular weight excluding hydrogens is 66.0 g/mol. The lowest BCUT2D eigenvalue weighted by atomic mass is 10.5. The highest BCUT2D eigenvalue weighted by molar-refractivity contribution is 5.84. The Labute approximate surface area is 31.0 Å². The van der Waals surface area contributed by atoms with Gasteiger partial charge in [-0.15, -0.1) is 0 Å². The predicted octanol–water partition coefficient (Wildman–Crippen LogP) is -0.775. The van der Waals surface area contributed by atoms with Crippen LogP contribution in [-0.2, 0) is 4.79 Å². The molecule has 0 aliphatic carbocycles. The number of Topliss-reactive ketones (excluding diaryl/α,β-unsaturated/α-hetero) is 1. The summed E-state index contributed by atoms with van der Waals surface area (Å²) in [7, 11) is 0. The molecule has 0 aliphatic rings. The van der Waals surface area contributed by atoms with Crippen molar-refractivity contribution in [2.45, 2.75) is 0 Å². The van der Waals surface area contributed by atoms with E-state index in [2.05, 4.69) is 6.92 Å². The lowest BCUT2D eigenvalue weighted by molar-refractivity contribution is -0.113. The van der Waals surface area contributed by atoms with E-state index in [1.807, 2.05) is 0 Å². The van der Waals surface area contributed by atoms with E-state index < -0.39 is 5.78 Å². The van der Waals surface area contributed by atoms with Crippen molar-refractivity contribution in [3.8, 4) is 0 Å². The molecule has 2 N–H and O–H groups in total. The molecule has 0 amide bonds. The minimum atomic E-state index is -0.468. The first kappa shape index (κ1) is 4.63. The third-order valence-corrected chi connectivity index (χ3v) is 0.201. The highest BCUT2D eigenvalue weighted by atomic mass is 16.1. The molecule has 5 heavy (non-hydrogen) atoms. The fourth-order valence-corrected chi connectivity index (χ4v) is 0. The van der Waals surface area contributed by atoms with Gasteiger partial charge in [-0.05, 0) is 0 Å². The maximum Gasteiger partial charge on any atom is 0.150 e. The van der Waals surface area contributed by atoms with Crippen LogP contribution in [0, 0.1) is 6.92 Å². The van der Waals surface area contributed by atoms with Gasteiger partial charge in [-0.1, -0.05) is 0 Å². The van der Waals surface area contributed by atoms with E-state index in [0.29, 0.717) is 0 Å². The number of carbonyl (C=O) groups is 1. The zero-order valence-corrected chi connectivity index (χ0v) is 2.77. The topological polar surface area (TPSA) is 43.1 Å². The third kappa shape index (κ3) is 3.63. The van der Waals surface area contributed by atoms with Crippen molar-refractivity contribution >= 4 is 5.78 Å². The summed E-state index contributed by atoms with van der Waals surface area (Å²) in [5.74, 6) is -0.468. The van der Waals surface area contributed by atoms with E-state index in [0.717, 1.165) is 0 Å². The Morgan fingerprint density at radius 3 is 2.20 bits per heavy atom. The molecule has 0 bridgehead atoms. The Morgan fingerprint density at radius 2 is 2.20 bits per heavy atom. The van der Waals surface area contributed by atoms with Crippen LogP contribution in [-0.4, -0.2) is 12.3 Å². The number of rotatable bonds is 1. The minimum Gasteiger partial charge on any atom is -0.324 e. The summed E-state index contributed by atoms with van der Waals surface area (Å²) in [5.41, 5.74) is 4.70. The molecule has 0 spiro atoms. The number of hydrogen-bond acceptors (Lipinski definition) is 2. The first-order chi connectivity index (χ1) is 2.27. The summed E-state index contributed by atoms with van der Waals surface area (Å²) in [6.07, 6.45) is 0. The van der Waals surface area contributed by atoms with Crippen LogP contribution in [0.3, 0.4) is 0 Å². The monoisotopic (exact) mass is 71.0 g/mol. The second kappa shape index (κ2) is 1.91. The van der Waals surface area contributed by atoms with Crippen LogP contribution in [0.2, 0.25) is 0 Å². The number of hydrogen-bond donors (Lipinski definition) is 1. The molecule has 0 aromatic heterocycles.